The highest BCUT2D eigenvalue weighted by molar-refractivity contribution is 6.30. The Hall–Kier alpha value is -0.600. The predicted molar refractivity (Wildman–Crippen MR) is 69.9 cm³/mol. The van der Waals surface area contributed by atoms with Crippen LogP contribution >= 0.6 is 11.6 Å². The smallest absolute Gasteiger partial charge is 0.126 e. The van der Waals surface area contributed by atoms with Crippen LogP contribution in [0.1, 0.15) is 45.1 Å². The van der Waals surface area contributed by atoms with Crippen LogP contribution in [-0.4, -0.2) is 10.7 Å². The second-order valence-electron chi connectivity index (χ2n) is 4.87. The molecule has 1 atom stereocenters. The third kappa shape index (κ3) is 5.05. The molecule has 0 radical (unpaired) electrons. The Morgan fingerprint density at radius 1 is 1.35 bits per heavy atom. The highest BCUT2D eigenvalue weighted by Crippen LogP contribution is 2.23. The number of unbranched alkanes of at least 4 members (excludes halogenated alkanes) is 2. The summed E-state index contributed by atoms with van der Waals surface area (Å²) in [5.41, 5.74) is -0.375. The maximum atomic E-state index is 13.5. The van der Waals surface area contributed by atoms with Gasteiger partial charge < -0.3 is 5.11 Å². The maximum Gasteiger partial charge on any atom is 0.126 e. The van der Waals surface area contributed by atoms with Crippen molar-refractivity contribution in [1.82, 2.24) is 0 Å². The van der Waals surface area contributed by atoms with Crippen LogP contribution in [0.4, 0.5) is 4.39 Å². The zero-order chi connectivity index (χ0) is 12.9. The molecule has 17 heavy (non-hydrogen) atoms. The van der Waals surface area contributed by atoms with Crippen molar-refractivity contribution in [3.63, 3.8) is 0 Å². The second-order valence-corrected chi connectivity index (χ2v) is 5.30. The monoisotopic (exact) mass is 258 g/mol. The minimum absolute atomic E-state index is 0.301. The van der Waals surface area contributed by atoms with Crippen LogP contribution in [0.25, 0.3) is 0 Å². The quantitative estimate of drug-likeness (QED) is 0.752. The molecule has 96 valence electrons. The number of hydrogen-bond acceptors (Lipinski definition) is 1. The van der Waals surface area contributed by atoms with E-state index in [1.54, 1.807) is 13.0 Å². The van der Waals surface area contributed by atoms with Gasteiger partial charge in [-0.05, 0) is 37.1 Å². The van der Waals surface area contributed by atoms with Crippen molar-refractivity contribution in [2.24, 2.45) is 0 Å². The van der Waals surface area contributed by atoms with E-state index in [-0.39, 0.29) is 5.82 Å². The lowest BCUT2D eigenvalue weighted by atomic mass is 9.91. The molecule has 1 aromatic rings. The van der Waals surface area contributed by atoms with Crippen LogP contribution in [-0.2, 0) is 6.42 Å². The van der Waals surface area contributed by atoms with Crippen molar-refractivity contribution in [1.29, 1.82) is 0 Å². The molecule has 0 aliphatic carbocycles. The van der Waals surface area contributed by atoms with E-state index in [0.717, 1.165) is 19.3 Å². The molecule has 1 aromatic carbocycles. The van der Waals surface area contributed by atoms with Gasteiger partial charge in [-0.3, -0.25) is 0 Å². The molecule has 1 nitrogen and oxygen atoms in total. The van der Waals surface area contributed by atoms with E-state index < -0.39 is 5.60 Å². The minimum Gasteiger partial charge on any atom is -0.390 e. The molecular weight excluding hydrogens is 239 g/mol. The largest absolute Gasteiger partial charge is 0.390 e. The first-order valence-electron chi connectivity index (χ1n) is 6.11. The highest BCUT2D eigenvalue weighted by atomic mass is 35.5. The first-order valence-corrected chi connectivity index (χ1v) is 6.49. The molecule has 1 unspecified atom stereocenters. The summed E-state index contributed by atoms with van der Waals surface area (Å²) < 4.78 is 13.5. The molecule has 0 heterocycles. The third-order valence-corrected chi connectivity index (χ3v) is 3.13. The van der Waals surface area contributed by atoms with Gasteiger partial charge in [0.15, 0.2) is 0 Å². The molecule has 0 aliphatic rings. The van der Waals surface area contributed by atoms with Gasteiger partial charge in [-0.1, -0.05) is 37.8 Å². The summed E-state index contributed by atoms with van der Waals surface area (Å²) in [6.45, 7) is 3.87. The van der Waals surface area contributed by atoms with Crippen molar-refractivity contribution in [3.8, 4) is 0 Å². The molecule has 0 amide bonds. The van der Waals surface area contributed by atoms with E-state index in [1.165, 1.54) is 12.1 Å². The molecule has 0 aromatic heterocycles. The van der Waals surface area contributed by atoms with E-state index in [4.69, 9.17) is 11.6 Å². The standard InChI is InChI=1S/C14H20ClFO/c1-3-4-5-8-14(2,17)10-11-9-12(15)6-7-13(11)16/h6-7,9,17H,3-5,8,10H2,1-2H3. The van der Waals surface area contributed by atoms with E-state index in [2.05, 4.69) is 6.92 Å². The summed E-state index contributed by atoms with van der Waals surface area (Å²) in [6.07, 6.45) is 4.16. The van der Waals surface area contributed by atoms with Gasteiger partial charge in [0, 0.05) is 11.4 Å². The molecule has 0 saturated heterocycles. The Labute approximate surface area is 108 Å². The van der Waals surface area contributed by atoms with Gasteiger partial charge in [0.1, 0.15) is 5.82 Å². The van der Waals surface area contributed by atoms with E-state index in [0.29, 0.717) is 23.4 Å². The summed E-state index contributed by atoms with van der Waals surface area (Å²) in [6, 6.07) is 4.46. The topological polar surface area (TPSA) is 20.2 Å². The molecule has 1 rings (SSSR count). The number of aliphatic hydroxyl groups is 1. The van der Waals surface area contributed by atoms with Crippen LogP contribution in [0.3, 0.4) is 0 Å². The summed E-state index contributed by atoms with van der Waals surface area (Å²) in [7, 11) is 0. The first kappa shape index (κ1) is 14.5. The lowest BCUT2D eigenvalue weighted by Gasteiger charge is -2.23. The number of halogens is 2. The molecule has 0 spiro atoms. The number of hydrogen-bond donors (Lipinski definition) is 1. The molecule has 0 fully saturated rings. The predicted octanol–water partition coefficient (Wildman–Crippen LogP) is 4.35. The van der Waals surface area contributed by atoms with Crippen LogP contribution in [0.5, 0.6) is 0 Å². The summed E-state index contributed by atoms with van der Waals surface area (Å²) in [5, 5.41) is 10.7. The van der Waals surface area contributed by atoms with Gasteiger partial charge in [0.25, 0.3) is 0 Å². The van der Waals surface area contributed by atoms with E-state index in [9.17, 15) is 9.50 Å². The first-order chi connectivity index (χ1) is 7.94. The Balaban J connectivity index is 2.65. The summed E-state index contributed by atoms with van der Waals surface area (Å²) >= 11 is 5.82. The maximum absolute atomic E-state index is 13.5. The highest BCUT2D eigenvalue weighted by Gasteiger charge is 2.22. The van der Waals surface area contributed by atoms with Gasteiger partial charge in [-0.2, -0.15) is 0 Å². The van der Waals surface area contributed by atoms with E-state index >= 15 is 0 Å². The number of rotatable bonds is 6. The van der Waals surface area contributed by atoms with Crippen LogP contribution in [0.15, 0.2) is 18.2 Å². The van der Waals surface area contributed by atoms with Gasteiger partial charge in [-0.15, -0.1) is 0 Å². The lowest BCUT2D eigenvalue weighted by Crippen LogP contribution is -2.27. The van der Waals surface area contributed by atoms with Crippen LogP contribution < -0.4 is 0 Å². The van der Waals surface area contributed by atoms with Gasteiger partial charge in [0.05, 0.1) is 5.60 Å². The normalized spacial score (nSPS) is 14.6. The average molecular weight is 259 g/mol. The SMILES string of the molecule is CCCCCC(C)(O)Cc1cc(Cl)ccc1F. The van der Waals surface area contributed by atoms with Crippen LogP contribution in [0.2, 0.25) is 5.02 Å². The van der Waals surface area contributed by atoms with Gasteiger partial charge >= 0.3 is 0 Å². The van der Waals surface area contributed by atoms with Crippen molar-refractivity contribution >= 4 is 11.6 Å². The Bertz CT molecular complexity index is 363. The Morgan fingerprint density at radius 2 is 2.06 bits per heavy atom. The lowest BCUT2D eigenvalue weighted by molar-refractivity contribution is 0.0477. The molecule has 0 saturated carbocycles. The Kier molecular flexibility index (Phi) is 5.41. The van der Waals surface area contributed by atoms with Gasteiger partial charge in [0.2, 0.25) is 0 Å². The van der Waals surface area contributed by atoms with Crippen LogP contribution in [0, 0.1) is 5.82 Å². The summed E-state index contributed by atoms with van der Waals surface area (Å²) in [5.74, 6) is -0.301. The fourth-order valence-corrected chi connectivity index (χ4v) is 2.13. The average Bonchev–Trinajstić information content (AvgIpc) is 2.23. The van der Waals surface area contributed by atoms with Crippen molar-refractivity contribution in [2.75, 3.05) is 0 Å². The fourth-order valence-electron chi connectivity index (χ4n) is 1.93. The van der Waals surface area contributed by atoms with Gasteiger partial charge in [-0.25, -0.2) is 4.39 Å². The Morgan fingerprint density at radius 3 is 2.71 bits per heavy atom. The zero-order valence-electron chi connectivity index (χ0n) is 10.5. The van der Waals surface area contributed by atoms with E-state index in [1.807, 2.05) is 0 Å². The second kappa shape index (κ2) is 6.36. The fraction of sp³-hybridized carbons (Fsp3) is 0.571. The molecule has 1 N–H and O–H groups in total. The minimum atomic E-state index is -0.860. The zero-order valence-corrected chi connectivity index (χ0v) is 11.2. The molecule has 3 heteroatoms. The number of benzene rings is 1. The third-order valence-electron chi connectivity index (χ3n) is 2.90. The van der Waals surface area contributed by atoms with Crippen molar-refractivity contribution in [3.05, 3.63) is 34.6 Å². The van der Waals surface area contributed by atoms with Crippen molar-refractivity contribution in [2.45, 2.75) is 51.6 Å². The molecular formula is C14H20ClFO. The molecule has 0 bridgehead atoms. The molecule has 0 aliphatic heterocycles. The van der Waals surface area contributed by atoms with Crippen molar-refractivity contribution < 1.29 is 9.50 Å². The summed E-state index contributed by atoms with van der Waals surface area (Å²) in [4.78, 5) is 0.